The fourth-order valence-electron chi connectivity index (χ4n) is 2.42. The van der Waals surface area contributed by atoms with Crippen LogP contribution in [0.15, 0.2) is 18.2 Å². The van der Waals surface area contributed by atoms with E-state index in [0.29, 0.717) is 18.5 Å². The Bertz CT molecular complexity index is 404. The Balaban J connectivity index is 2.70. The van der Waals surface area contributed by atoms with Gasteiger partial charge in [0.15, 0.2) is 0 Å². The van der Waals surface area contributed by atoms with Crippen LogP contribution in [0.25, 0.3) is 0 Å². The average Bonchev–Trinajstić information content (AvgIpc) is 2.38. The van der Waals surface area contributed by atoms with Gasteiger partial charge in [0.25, 0.3) is 0 Å². The molecule has 0 aliphatic carbocycles. The second kappa shape index (κ2) is 8.38. The molecule has 0 bridgehead atoms. The van der Waals surface area contributed by atoms with Crippen molar-refractivity contribution in [2.75, 3.05) is 13.6 Å². The fraction of sp³-hybridized carbons (Fsp3) is 0.647. The van der Waals surface area contributed by atoms with Crippen LogP contribution in [-0.4, -0.2) is 24.5 Å². The van der Waals surface area contributed by atoms with Crippen molar-refractivity contribution in [1.29, 1.82) is 0 Å². The van der Waals surface area contributed by atoms with Crippen molar-refractivity contribution in [3.63, 3.8) is 0 Å². The van der Waals surface area contributed by atoms with Crippen molar-refractivity contribution in [2.45, 2.75) is 53.2 Å². The number of nitrogens with one attached hydrogen (secondary N) is 1. The van der Waals surface area contributed by atoms with Gasteiger partial charge in [0.1, 0.15) is 5.82 Å². The lowest BCUT2D eigenvalue weighted by atomic mass is 10.0. The molecule has 0 fully saturated rings. The highest BCUT2D eigenvalue weighted by Gasteiger charge is 2.13. The number of halogens is 1. The first-order valence-electron chi connectivity index (χ1n) is 7.62. The maximum atomic E-state index is 13.9. The van der Waals surface area contributed by atoms with E-state index in [4.69, 9.17) is 0 Å². The van der Waals surface area contributed by atoms with E-state index in [0.717, 1.165) is 30.6 Å². The quantitative estimate of drug-likeness (QED) is 0.779. The van der Waals surface area contributed by atoms with Gasteiger partial charge in [-0.15, -0.1) is 0 Å². The summed E-state index contributed by atoms with van der Waals surface area (Å²) in [5, 5.41) is 3.28. The van der Waals surface area contributed by atoms with Crippen molar-refractivity contribution >= 4 is 0 Å². The van der Waals surface area contributed by atoms with E-state index >= 15 is 0 Å². The highest BCUT2D eigenvalue weighted by atomic mass is 19.1. The molecule has 0 spiro atoms. The molecule has 0 aromatic heterocycles. The van der Waals surface area contributed by atoms with E-state index in [-0.39, 0.29) is 5.82 Å². The van der Waals surface area contributed by atoms with Gasteiger partial charge in [-0.2, -0.15) is 0 Å². The topological polar surface area (TPSA) is 15.3 Å². The summed E-state index contributed by atoms with van der Waals surface area (Å²) in [6.45, 7) is 11.1. The molecule has 0 amide bonds. The summed E-state index contributed by atoms with van der Waals surface area (Å²) in [7, 11) is 2.07. The van der Waals surface area contributed by atoms with Gasteiger partial charge in [-0.25, -0.2) is 4.39 Å². The molecule has 0 heterocycles. The second-order valence-electron chi connectivity index (χ2n) is 6.10. The normalized spacial score (nSPS) is 13.2. The number of rotatable bonds is 8. The van der Waals surface area contributed by atoms with Crippen molar-refractivity contribution in [3.05, 3.63) is 35.1 Å². The van der Waals surface area contributed by atoms with Gasteiger partial charge in [0.2, 0.25) is 0 Å². The highest BCUT2D eigenvalue weighted by Crippen LogP contribution is 2.16. The van der Waals surface area contributed by atoms with Gasteiger partial charge in [0.05, 0.1) is 0 Å². The lowest BCUT2D eigenvalue weighted by Crippen LogP contribution is -2.30. The first kappa shape index (κ1) is 17.1. The van der Waals surface area contributed by atoms with E-state index in [9.17, 15) is 4.39 Å². The van der Waals surface area contributed by atoms with E-state index < -0.39 is 0 Å². The van der Waals surface area contributed by atoms with E-state index in [1.54, 1.807) is 6.07 Å². The molecule has 20 heavy (non-hydrogen) atoms. The Kier molecular flexibility index (Phi) is 7.17. The average molecular weight is 280 g/mol. The molecule has 1 aromatic rings. The summed E-state index contributed by atoms with van der Waals surface area (Å²) >= 11 is 0. The maximum Gasteiger partial charge on any atom is 0.127 e. The van der Waals surface area contributed by atoms with Crippen LogP contribution in [0.2, 0.25) is 0 Å². The minimum absolute atomic E-state index is 0.103. The summed E-state index contributed by atoms with van der Waals surface area (Å²) < 4.78 is 13.9. The molecule has 0 aliphatic heterocycles. The van der Waals surface area contributed by atoms with Gasteiger partial charge in [-0.1, -0.05) is 32.9 Å². The molecule has 0 saturated carbocycles. The van der Waals surface area contributed by atoms with Crippen LogP contribution in [0.5, 0.6) is 0 Å². The molecule has 1 unspecified atom stereocenters. The first-order valence-corrected chi connectivity index (χ1v) is 7.62. The maximum absolute atomic E-state index is 13.9. The van der Waals surface area contributed by atoms with Gasteiger partial charge < -0.3 is 5.32 Å². The minimum Gasteiger partial charge on any atom is -0.313 e. The van der Waals surface area contributed by atoms with Gasteiger partial charge in [-0.05, 0) is 44.5 Å². The van der Waals surface area contributed by atoms with Crippen molar-refractivity contribution in [2.24, 2.45) is 5.92 Å². The van der Waals surface area contributed by atoms with Crippen LogP contribution in [-0.2, 0) is 13.1 Å². The molecular weight excluding hydrogens is 251 g/mol. The lowest BCUT2D eigenvalue weighted by molar-refractivity contribution is 0.218. The zero-order valence-electron chi connectivity index (χ0n) is 13.5. The third-order valence-electron chi connectivity index (χ3n) is 3.67. The highest BCUT2D eigenvalue weighted by molar-refractivity contribution is 5.25. The SMILES string of the molecule is CCNCc1ccc(F)c(CN(C)C(C)CC(C)C)c1. The molecular formula is C17H29FN2. The number of hydrogen-bond acceptors (Lipinski definition) is 2. The van der Waals surface area contributed by atoms with Crippen molar-refractivity contribution in [3.8, 4) is 0 Å². The largest absolute Gasteiger partial charge is 0.313 e. The van der Waals surface area contributed by atoms with Crippen molar-refractivity contribution in [1.82, 2.24) is 10.2 Å². The van der Waals surface area contributed by atoms with E-state index in [1.807, 2.05) is 12.1 Å². The molecule has 114 valence electrons. The van der Waals surface area contributed by atoms with Gasteiger partial charge in [-0.3, -0.25) is 4.90 Å². The third-order valence-corrected chi connectivity index (χ3v) is 3.67. The Morgan fingerprint density at radius 3 is 2.55 bits per heavy atom. The van der Waals surface area contributed by atoms with Gasteiger partial charge >= 0.3 is 0 Å². The molecule has 3 heteroatoms. The minimum atomic E-state index is -0.103. The summed E-state index contributed by atoms with van der Waals surface area (Å²) in [5.41, 5.74) is 1.94. The Morgan fingerprint density at radius 2 is 1.95 bits per heavy atom. The smallest absolute Gasteiger partial charge is 0.127 e. The summed E-state index contributed by atoms with van der Waals surface area (Å²) in [6.07, 6.45) is 1.13. The van der Waals surface area contributed by atoms with Crippen LogP contribution >= 0.6 is 0 Å². The molecule has 0 aliphatic rings. The molecule has 1 aromatic carbocycles. The summed E-state index contributed by atoms with van der Waals surface area (Å²) in [4.78, 5) is 2.23. The molecule has 2 nitrogen and oxygen atoms in total. The summed E-state index contributed by atoms with van der Waals surface area (Å²) in [6, 6.07) is 5.89. The molecule has 1 atom stereocenters. The lowest BCUT2D eigenvalue weighted by Gasteiger charge is -2.26. The zero-order chi connectivity index (χ0) is 15.1. The number of nitrogens with zero attached hydrogens (tertiary/aromatic N) is 1. The molecule has 0 radical (unpaired) electrons. The Labute approximate surface area is 123 Å². The van der Waals surface area contributed by atoms with E-state index in [1.165, 1.54) is 0 Å². The molecule has 1 N–H and O–H groups in total. The predicted molar refractivity (Wildman–Crippen MR) is 84.2 cm³/mol. The molecule has 1 rings (SSSR count). The van der Waals surface area contributed by atoms with Crippen LogP contribution in [0.4, 0.5) is 4.39 Å². The Hall–Kier alpha value is -0.930. The third kappa shape index (κ3) is 5.59. The second-order valence-corrected chi connectivity index (χ2v) is 6.10. The molecule has 0 saturated heterocycles. The summed E-state index contributed by atoms with van der Waals surface area (Å²) in [5.74, 6) is 0.561. The monoisotopic (exact) mass is 280 g/mol. The number of hydrogen-bond donors (Lipinski definition) is 1. The van der Waals surface area contributed by atoms with Crippen LogP contribution in [0.1, 0.15) is 45.2 Å². The first-order chi connectivity index (χ1) is 9.43. The van der Waals surface area contributed by atoms with Crippen molar-refractivity contribution < 1.29 is 4.39 Å². The van der Waals surface area contributed by atoms with Crippen LogP contribution < -0.4 is 5.32 Å². The predicted octanol–water partition coefficient (Wildman–Crippen LogP) is 3.80. The number of benzene rings is 1. The van der Waals surface area contributed by atoms with Crippen LogP contribution in [0, 0.1) is 11.7 Å². The van der Waals surface area contributed by atoms with Crippen LogP contribution in [0.3, 0.4) is 0 Å². The van der Waals surface area contributed by atoms with E-state index in [2.05, 4.69) is 45.0 Å². The fourth-order valence-corrected chi connectivity index (χ4v) is 2.42. The Morgan fingerprint density at radius 1 is 1.25 bits per heavy atom. The standard InChI is InChI=1S/C17H29FN2/c1-6-19-11-15-7-8-17(18)16(10-15)12-20(5)14(4)9-13(2)3/h7-8,10,13-14,19H,6,9,11-12H2,1-5H3. The zero-order valence-corrected chi connectivity index (χ0v) is 13.5. The van der Waals surface area contributed by atoms with Gasteiger partial charge in [0, 0.05) is 24.7 Å².